The average Bonchev–Trinajstić information content (AvgIpc) is 1.63. The first-order chi connectivity index (χ1) is 64.6. The Bertz CT molecular complexity index is 6220. The predicted octanol–water partition coefficient (Wildman–Crippen LogP) is 20.4. The number of esters is 2. The third kappa shape index (κ3) is 44.0. The summed E-state index contributed by atoms with van der Waals surface area (Å²) in [5.74, 6) is -1.30. The van der Waals surface area contributed by atoms with E-state index in [1.165, 1.54) is 118 Å². The van der Waals surface area contributed by atoms with Gasteiger partial charge in [-0.05, 0) is 341 Å². The molecule has 1 atom stereocenters. The number of hydrogen-bond acceptors (Lipinski definition) is 17. The van der Waals surface area contributed by atoms with Crippen LogP contribution in [0.4, 0.5) is 10.1 Å². The summed E-state index contributed by atoms with van der Waals surface area (Å²) in [5.41, 5.74) is 18.8. The van der Waals surface area contributed by atoms with Crippen molar-refractivity contribution in [3.05, 3.63) is 397 Å². The minimum Gasteiger partial charge on any atom is -1.00 e. The Morgan fingerprint density at radius 1 is 0.493 bits per heavy atom. The van der Waals surface area contributed by atoms with Gasteiger partial charge in [-0.1, -0.05) is 204 Å². The van der Waals surface area contributed by atoms with Gasteiger partial charge >= 0.3 is 121 Å². The van der Waals surface area contributed by atoms with Gasteiger partial charge in [-0.2, -0.15) is 4.31 Å². The molecule has 5 N–H and O–H groups in total. The maximum Gasteiger partial charge on any atom is 1.00 e. The van der Waals surface area contributed by atoms with Gasteiger partial charge in [0.25, 0.3) is 18.3 Å². The number of hydrogen-bond donors (Lipinski definition) is 5. The Morgan fingerprint density at radius 3 is 1.29 bits per heavy atom. The van der Waals surface area contributed by atoms with Crippen LogP contribution in [0.2, 0.25) is 30.1 Å². The standard InChI is InChI=1S/C22H16ClNO4.C15H14ClNO2S.C15H12ClNO2.C10H16BrFO2.C9H9Cl.C8H7Br2Cl.C8H9Cl.C7H9NO2S.C7H6O3.CH2O3.2CH4.2K.H/c23-18-6-1-16-12-24(13-17(16)11-18)21(26)14-4-9-20(10-5-14)28-22(27)15-2-7-19(25)8-3-15;1-11-2-6-15(7-3-11)20(18,19)17-9-12-4-5-14(16)8-13(12)10-17;16-13-4-1-11-8-17(9-12(11)7-13)15(19)10-2-5-14(18)6-3-10;1-10(2,3)14-9(13)5-4-8(6-11)7-12;10-9-5-4-7-2-1-3-8(7)6-9;9-4-6-1-2-8(11)3-7(6)5-10;1-6-3-4-8(9)5-7(6)2;1-6-2-4-7(5-3-6)8-11(9)10;8-6-3-1-5(2-4-6)7(9)10;2-1-4-3;;;;;/h1-11,25H,12-13H2;2-8H,9-10H2,1H3;1-7,18H,8-9H2;7H,4-6H2,1-3H3;4-6H,1-3H2;1-3H,4-5H2;3-5H,1-2H3;2-5,8H,1H3,(H,9,10);1-4,8H,(H,9,10);1,3H;2*1H4;;;/q;;;;;;;;;;;;2*+1;-1/p-2. The number of carbonyl (C=O) groups is 6. The topological polar surface area (TPSA) is 330 Å². The molecule has 0 bridgehead atoms. The molecule has 140 heavy (non-hydrogen) atoms. The predicted molar refractivity (Wildman–Crippen MR) is 556 cm³/mol. The van der Waals surface area contributed by atoms with Gasteiger partial charge in [0.2, 0.25) is 10.0 Å². The van der Waals surface area contributed by atoms with Gasteiger partial charge in [-0.15, -0.1) is 0 Å². The number of alkyl halides is 3. The molecule has 0 saturated carbocycles. The number of phenolic OH excluding ortho intramolecular Hbond substituents is 3. The molecule has 3 aliphatic heterocycles. The number of aryl methyl sites for hydroxylation is 6. The van der Waals surface area contributed by atoms with Crippen molar-refractivity contribution < 1.29 is 195 Å². The molecular weight excluding hydrogens is 2210 g/mol. The normalized spacial score (nSPS) is 12.1. The maximum absolute atomic E-state index is 12.7. The zero-order valence-corrected chi connectivity index (χ0v) is 93.9. The number of rotatable bonds is 16. The fraction of sp³-hybridized carbons (Fsp3) is 0.231. The number of anilines is 1. The molecule has 0 aromatic heterocycles. The van der Waals surface area contributed by atoms with Crippen LogP contribution in [0.3, 0.4) is 0 Å². The molecular formula is C104H107Br3Cl6FK2N4O18S2-. The number of ether oxygens (including phenoxy) is 2. The van der Waals surface area contributed by atoms with E-state index in [1.807, 2.05) is 129 Å². The van der Waals surface area contributed by atoms with Gasteiger partial charge in [0.05, 0.1) is 22.4 Å². The van der Waals surface area contributed by atoms with Gasteiger partial charge < -0.3 is 60.5 Å². The van der Waals surface area contributed by atoms with Crippen LogP contribution in [0.25, 0.3) is 0 Å². The van der Waals surface area contributed by atoms with E-state index in [4.69, 9.17) is 99.3 Å². The number of allylic oxidation sites excluding steroid dienone is 1. The van der Waals surface area contributed by atoms with Crippen LogP contribution in [-0.4, -0.2) is 98.8 Å². The zero-order valence-electron chi connectivity index (χ0n) is 77.7. The summed E-state index contributed by atoms with van der Waals surface area (Å²) in [6, 6.07) is 72.9. The third-order valence-corrected chi connectivity index (χ3v) is 25.7. The largest absolute Gasteiger partial charge is 1.00 e. The van der Waals surface area contributed by atoms with Crippen LogP contribution >= 0.6 is 117 Å². The van der Waals surface area contributed by atoms with E-state index >= 15 is 0 Å². The maximum atomic E-state index is 12.7. The SMILES string of the molecule is C.C.CC(C)(C)OC(=O)CCC(=CF)CBr.Cc1ccc(Cl)cc1C.Cc1ccc(NS(=O)[O-])cc1.Cc1ccc(S(=O)(=O)N2Cc3ccc(Cl)cc3C2)cc1.Clc1ccc(CBr)c(CBr)c1.Clc1ccc2c(c1)CCC2.O=C(O)c1ccc(O)cc1.O=C(Oc1ccc(C(=O)N2Cc3ccc(Cl)cc3C2)cc1)c1ccc(O)cc1.O=C(c1ccc(O)cc1)N1Cc2ccc(Cl)cc2C1.O=CO[O-].[H-].[K+].[K+]. The molecule has 1 unspecified atom stereocenters. The van der Waals surface area contributed by atoms with Gasteiger partial charge in [0.15, 0.2) is 0 Å². The molecule has 0 fully saturated rings. The number of nitrogens with one attached hydrogen (secondary N) is 1. The smallest absolute Gasteiger partial charge is 1.00 e. The van der Waals surface area contributed by atoms with Crippen molar-refractivity contribution in [2.45, 2.75) is 156 Å². The van der Waals surface area contributed by atoms with Gasteiger partial charge in [-0.25, -0.2) is 22.4 Å². The number of benzene rings is 12. The number of sulfonamides is 1. The summed E-state index contributed by atoms with van der Waals surface area (Å²) >= 11 is 43.0. The minimum atomic E-state index is -3.45. The van der Waals surface area contributed by atoms with Crippen molar-refractivity contribution in [2.75, 3.05) is 10.1 Å². The van der Waals surface area contributed by atoms with E-state index in [9.17, 15) is 55.8 Å². The summed E-state index contributed by atoms with van der Waals surface area (Å²) in [5, 5.41) is 50.7. The minimum absolute atomic E-state index is 0. The molecule has 16 rings (SSSR count). The van der Waals surface area contributed by atoms with Crippen molar-refractivity contribution in [3.8, 4) is 23.0 Å². The number of aromatic carboxylic acids is 1. The van der Waals surface area contributed by atoms with Crippen molar-refractivity contribution >= 4 is 181 Å². The summed E-state index contributed by atoms with van der Waals surface area (Å²) in [6.45, 7) is 16.3. The number of fused-ring (bicyclic) bond motifs is 4. The molecule has 12 aromatic carbocycles. The van der Waals surface area contributed by atoms with Crippen LogP contribution in [0.1, 0.15) is 176 Å². The summed E-state index contributed by atoms with van der Waals surface area (Å²) < 4.78 is 71.7. The van der Waals surface area contributed by atoms with Crippen molar-refractivity contribution in [3.63, 3.8) is 0 Å². The van der Waals surface area contributed by atoms with Crippen LogP contribution in [0.5, 0.6) is 23.0 Å². The fourth-order valence-electron chi connectivity index (χ4n) is 13.0. The molecule has 3 heterocycles. The van der Waals surface area contributed by atoms with E-state index < -0.39 is 38.8 Å². The second-order valence-electron chi connectivity index (χ2n) is 31.6. The Balaban J connectivity index is 0.000000544. The molecule has 736 valence electrons. The number of nitrogens with zero attached hydrogens (tertiary/aromatic N) is 3. The Kier molecular flexibility index (Phi) is 58.6. The first-order valence-corrected chi connectivity index (χ1v) is 49.8. The molecule has 36 heteroatoms. The van der Waals surface area contributed by atoms with E-state index in [0.29, 0.717) is 111 Å². The van der Waals surface area contributed by atoms with Crippen molar-refractivity contribution in [2.24, 2.45) is 0 Å². The quantitative estimate of drug-likeness (QED) is 0.00877. The Morgan fingerprint density at radius 2 is 0.871 bits per heavy atom. The fourth-order valence-corrected chi connectivity index (χ4v) is 17.4. The molecule has 22 nitrogen and oxygen atoms in total. The van der Waals surface area contributed by atoms with E-state index in [-0.39, 0.29) is 173 Å². The first kappa shape index (κ1) is 127. The summed E-state index contributed by atoms with van der Waals surface area (Å²) in [7, 11) is -3.45. The first-order valence-electron chi connectivity index (χ1n) is 41.6. The van der Waals surface area contributed by atoms with Crippen LogP contribution in [0, 0.1) is 27.7 Å². The van der Waals surface area contributed by atoms with Crippen LogP contribution in [-0.2, 0) is 103 Å². The summed E-state index contributed by atoms with van der Waals surface area (Å²) in [6.07, 6.45) is 4.91. The molecule has 1 aliphatic carbocycles. The number of halogens is 10. The van der Waals surface area contributed by atoms with Gasteiger partial charge in [0, 0.05) is 120 Å². The number of aromatic hydroxyl groups is 3. The number of carbonyl (C=O) groups excluding carboxylic acids is 5. The van der Waals surface area contributed by atoms with E-state index in [0.717, 1.165) is 70.2 Å². The summed E-state index contributed by atoms with van der Waals surface area (Å²) in [4.78, 5) is 73.7. The zero-order chi connectivity index (χ0) is 99.9. The molecule has 0 spiro atoms. The molecule has 2 amide bonds. The Hall–Kier alpha value is -7.24. The van der Waals surface area contributed by atoms with Crippen molar-refractivity contribution in [1.82, 2.24) is 14.1 Å². The van der Waals surface area contributed by atoms with E-state index in [2.05, 4.69) is 83.4 Å². The van der Waals surface area contributed by atoms with E-state index in [1.54, 1.807) is 97.3 Å². The van der Waals surface area contributed by atoms with Gasteiger partial charge in [0.1, 0.15) is 28.6 Å². The molecule has 12 aromatic rings. The molecule has 0 saturated heterocycles. The van der Waals surface area contributed by atoms with Gasteiger partial charge in [-0.3, -0.25) is 23.4 Å². The number of carboxylic acids is 1. The Labute approximate surface area is 962 Å². The van der Waals surface area contributed by atoms with Crippen molar-refractivity contribution in [1.29, 1.82) is 0 Å². The second kappa shape index (κ2) is 64.6. The molecule has 4 aliphatic rings. The second-order valence-corrected chi connectivity index (χ2v) is 38.5. The third-order valence-electron chi connectivity index (χ3n) is 20.2. The van der Waals surface area contributed by atoms with Crippen LogP contribution < -0.4 is 117 Å². The monoisotopic (exact) mass is 2310 g/mol. The average molecular weight is 2310 g/mol. The van der Waals surface area contributed by atoms with Crippen LogP contribution in [0.15, 0.2) is 272 Å². The number of phenols is 3. The molecule has 0 radical (unpaired) electrons. The number of amides is 2. The number of carboxylic acid groups (broad SMARTS) is 1.